The van der Waals surface area contributed by atoms with Gasteiger partial charge in [0, 0.05) is 11.8 Å². The quantitative estimate of drug-likeness (QED) is 0.845. The molecule has 17 heavy (non-hydrogen) atoms. The smallest absolute Gasteiger partial charge is 0.128 e. The molecule has 1 atom stereocenters. The van der Waals surface area contributed by atoms with Gasteiger partial charge in [-0.05, 0) is 31.2 Å². The number of rotatable bonds is 3. The van der Waals surface area contributed by atoms with Crippen molar-refractivity contribution in [2.24, 2.45) is 0 Å². The molecule has 2 aromatic rings. The van der Waals surface area contributed by atoms with E-state index in [9.17, 15) is 0 Å². The molecule has 3 N–H and O–H groups in total. The summed E-state index contributed by atoms with van der Waals surface area (Å²) in [5, 5.41) is 3.28. The number of aryl methyl sites for hydroxylation is 1. The van der Waals surface area contributed by atoms with Gasteiger partial charge in [0.1, 0.15) is 5.82 Å². The summed E-state index contributed by atoms with van der Waals surface area (Å²) in [7, 11) is 1.93. The number of benzene rings is 1. The van der Waals surface area contributed by atoms with Crippen molar-refractivity contribution in [3.05, 3.63) is 59.3 Å². The lowest BCUT2D eigenvalue weighted by molar-refractivity contribution is 0.690. The van der Waals surface area contributed by atoms with E-state index >= 15 is 0 Å². The average molecular weight is 227 g/mol. The maximum Gasteiger partial charge on any atom is 0.128 e. The summed E-state index contributed by atoms with van der Waals surface area (Å²) >= 11 is 0. The standard InChI is InChI=1S/C14H17N3/c1-10-8-12(14(15)17-9-10)13(16-2)11-6-4-3-5-7-11/h3-9,13,16H,1-2H3,(H2,15,17). The highest BCUT2D eigenvalue weighted by Gasteiger charge is 2.15. The van der Waals surface area contributed by atoms with E-state index < -0.39 is 0 Å². The second kappa shape index (κ2) is 4.97. The molecular weight excluding hydrogens is 210 g/mol. The van der Waals surface area contributed by atoms with Gasteiger partial charge >= 0.3 is 0 Å². The summed E-state index contributed by atoms with van der Waals surface area (Å²) in [6, 6.07) is 12.4. The number of aromatic nitrogens is 1. The Labute approximate surface area is 102 Å². The fraction of sp³-hybridized carbons (Fsp3) is 0.214. The Balaban J connectivity index is 2.46. The van der Waals surface area contributed by atoms with Crippen molar-refractivity contribution in [2.75, 3.05) is 12.8 Å². The number of nitrogens with zero attached hydrogens (tertiary/aromatic N) is 1. The summed E-state index contributed by atoms with van der Waals surface area (Å²) in [5.41, 5.74) is 9.28. The lowest BCUT2D eigenvalue weighted by Gasteiger charge is -2.18. The van der Waals surface area contributed by atoms with Gasteiger partial charge in [0.15, 0.2) is 0 Å². The molecule has 0 radical (unpaired) electrons. The number of nitrogens with two attached hydrogens (primary N) is 1. The van der Waals surface area contributed by atoms with Crippen molar-refractivity contribution < 1.29 is 0 Å². The molecule has 1 aromatic carbocycles. The van der Waals surface area contributed by atoms with Gasteiger partial charge in [-0.15, -0.1) is 0 Å². The van der Waals surface area contributed by atoms with Gasteiger partial charge in [0.05, 0.1) is 6.04 Å². The van der Waals surface area contributed by atoms with Crippen LogP contribution in [0.2, 0.25) is 0 Å². The molecule has 1 aromatic heterocycles. The van der Waals surface area contributed by atoms with Crippen LogP contribution >= 0.6 is 0 Å². The topological polar surface area (TPSA) is 50.9 Å². The SMILES string of the molecule is CNC(c1ccccc1)c1cc(C)cnc1N. The Hall–Kier alpha value is -1.87. The second-order valence-electron chi connectivity index (χ2n) is 4.12. The molecule has 3 nitrogen and oxygen atoms in total. The molecular formula is C14H17N3. The van der Waals surface area contributed by atoms with Gasteiger partial charge in [-0.3, -0.25) is 0 Å². The largest absolute Gasteiger partial charge is 0.383 e. The monoisotopic (exact) mass is 227 g/mol. The van der Waals surface area contributed by atoms with Crippen LogP contribution in [0.25, 0.3) is 0 Å². The Bertz CT molecular complexity index is 494. The summed E-state index contributed by atoms with van der Waals surface area (Å²) in [6.45, 7) is 2.02. The molecule has 0 saturated heterocycles. The predicted octanol–water partition coefficient (Wildman–Crippen LogP) is 2.28. The van der Waals surface area contributed by atoms with Gasteiger partial charge < -0.3 is 11.1 Å². The molecule has 0 spiro atoms. The van der Waals surface area contributed by atoms with E-state index in [0.717, 1.165) is 11.1 Å². The number of nitrogen functional groups attached to an aromatic ring is 1. The zero-order valence-corrected chi connectivity index (χ0v) is 10.1. The van der Waals surface area contributed by atoms with Crippen LogP contribution in [0.1, 0.15) is 22.7 Å². The minimum Gasteiger partial charge on any atom is -0.383 e. The van der Waals surface area contributed by atoms with Gasteiger partial charge in [-0.2, -0.15) is 0 Å². The summed E-state index contributed by atoms with van der Waals surface area (Å²) in [6.07, 6.45) is 1.79. The van der Waals surface area contributed by atoms with E-state index in [4.69, 9.17) is 5.73 Å². The Morgan fingerprint density at radius 2 is 1.94 bits per heavy atom. The molecule has 1 heterocycles. The number of anilines is 1. The maximum absolute atomic E-state index is 5.95. The van der Waals surface area contributed by atoms with Crippen molar-refractivity contribution in [3.63, 3.8) is 0 Å². The van der Waals surface area contributed by atoms with E-state index in [-0.39, 0.29) is 6.04 Å². The van der Waals surface area contributed by atoms with Gasteiger partial charge in [0.25, 0.3) is 0 Å². The summed E-state index contributed by atoms with van der Waals surface area (Å²) in [5.74, 6) is 0.582. The molecule has 0 aliphatic heterocycles. The number of hydrogen-bond acceptors (Lipinski definition) is 3. The van der Waals surface area contributed by atoms with Gasteiger partial charge in [0.2, 0.25) is 0 Å². The third-order valence-electron chi connectivity index (χ3n) is 2.82. The fourth-order valence-corrected chi connectivity index (χ4v) is 1.98. The van der Waals surface area contributed by atoms with Crippen LogP contribution in [0.5, 0.6) is 0 Å². The Kier molecular flexibility index (Phi) is 3.40. The highest BCUT2D eigenvalue weighted by molar-refractivity contribution is 5.47. The average Bonchev–Trinajstić information content (AvgIpc) is 2.36. The fourth-order valence-electron chi connectivity index (χ4n) is 1.98. The molecule has 1 unspecified atom stereocenters. The summed E-state index contributed by atoms with van der Waals surface area (Å²) < 4.78 is 0. The molecule has 3 heteroatoms. The Morgan fingerprint density at radius 3 is 2.59 bits per heavy atom. The molecule has 0 saturated carbocycles. The van der Waals surface area contributed by atoms with E-state index in [1.165, 1.54) is 5.56 Å². The van der Waals surface area contributed by atoms with Crippen molar-refractivity contribution in [2.45, 2.75) is 13.0 Å². The number of pyridine rings is 1. The van der Waals surface area contributed by atoms with Crippen LogP contribution in [0.15, 0.2) is 42.6 Å². The van der Waals surface area contributed by atoms with Crippen LogP contribution in [0.4, 0.5) is 5.82 Å². The lowest BCUT2D eigenvalue weighted by Crippen LogP contribution is -2.19. The number of hydrogen-bond donors (Lipinski definition) is 2. The summed E-state index contributed by atoms with van der Waals surface area (Å²) in [4.78, 5) is 4.21. The van der Waals surface area contributed by atoms with Crippen LogP contribution in [0.3, 0.4) is 0 Å². The molecule has 0 amide bonds. The highest BCUT2D eigenvalue weighted by Crippen LogP contribution is 2.25. The molecule has 0 aliphatic carbocycles. The van der Waals surface area contributed by atoms with Crippen LogP contribution in [0, 0.1) is 6.92 Å². The van der Waals surface area contributed by atoms with Crippen LogP contribution in [-0.2, 0) is 0 Å². The zero-order chi connectivity index (χ0) is 12.3. The third kappa shape index (κ3) is 2.45. The highest BCUT2D eigenvalue weighted by atomic mass is 14.9. The maximum atomic E-state index is 5.95. The van der Waals surface area contributed by atoms with Crippen LogP contribution < -0.4 is 11.1 Å². The van der Waals surface area contributed by atoms with Gasteiger partial charge in [-0.25, -0.2) is 4.98 Å². The first kappa shape index (κ1) is 11.6. The van der Waals surface area contributed by atoms with E-state index in [1.807, 2.05) is 32.2 Å². The molecule has 0 fully saturated rings. The molecule has 0 aliphatic rings. The Morgan fingerprint density at radius 1 is 1.24 bits per heavy atom. The first-order valence-corrected chi connectivity index (χ1v) is 5.66. The van der Waals surface area contributed by atoms with Gasteiger partial charge in [-0.1, -0.05) is 30.3 Å². The van der Waals surface area contributed by atoms with Crippen molar-refractivity contribution >= 4 is 5.82 Å². The number of nitrogens with one attached hydrogen (secondary N) is 1. The molecule has 88 valence electrons. The second-order valence-corrected chi connectivity index (χ2v) is 4.12. The van der Waals surface area contributed by atoms with E-state index in [0.29, 0.717) is 5.82 Å². The zero-order valence-electron chi connectivity index (χ0n) is 10.1. The normalized spacial score (nSPS) is 12.4. The molecule has 2 rings (SSSR count). The molecule has 0 bridgehead atoms. The van der Waals surface area contributed by atoms with E-state index in [1.54, 1.807) is 6.20 Å². The predicted molar refractivity (Wildman–Crippen MR) is 70.7 cm³/mol. The first-order chi connectivity index (χ1) is 8.22. The minimum absolute atomic E-state index is 0.0867. The third-order valence-corrected chi connectivity index (χ3v) is 2.82. The minimum atomic E-state index is 0.0867. The first-order valence-electron chi connectivity index (χ1n) is 5.66. The van der Waals surface area contributed by atoms with Crippen molar-refractivity contribution in [3.8, 4) is 0 Å². The van der Waals surface area contributed by atoms with Crippen molar-refractivity contribution in [1.82, 2.24) is 10.3 Å². The van der Waals surface area contributed by atoms with E-state index in [2.05, 4.69) is 28.5 Å². The lowest BCUT2D eigenvalue weighted by atomic mass is 9.98. The van der Waals surface area contributed by atoms with Crippen molar-refractivity contribution in [1.29, 1.82) is 0 Å². The van der Waals surface area contributed by atoms with Crippen LogP contribution in [-0.4, -0.2) is 12.0 Å².